The van der Waals surface area contributed by atoms with Gasteiger partial charge in [0.15, 0.2) is 14.7 Å². The molecule has 220 valence electrons. The molecular weight excluding hydrogens is 528 g/mol. The van der Waals surface area contributed by atoms with Crippen molar-refractivity contribution in [3.63, 3.8) is 0 Å². The highest BCUT2D eigenvalue weighted by Gasteiger charge is 2.36. The van der Waals surface area contributed by atoms with Crippen molar-refractivity contribution in [1.82, 2.24) is 9.55 Å². The molecule has 0 aliphatic heterocycles. The van der Waals surface area contributed by atoms with Crippen LogP contribution >= 0.6 is 0 Å². The molecule has 0 spiro atoms. The highest BCUT2D eigenvalue weighted by atomic mass is 32.2. The van der Waals surface area contributed by atoms with Crippen LogP contribution in [0.4, 0.5) is 0 Å². The summed E-state index contributed by atoms with van der Waals surface area (Å²) < 4.78 is 34.4. The van der Waals surface area contributed by atoms with Crippen LogP contribution in [0, 0.1) is 5.92 Å². The molecule has 0 atom stereocenters. The Labute approximate surface area is 238 Å². The van der Waals surface area contributed by atoms with E-state index in [1.165, 1.54) is 17.4 Å². The first-order valence-electron chi connectivity index (χ1n) is 15.2. The first-order valence-corrected chi connectivity index (χ1v) is 16.7. The minimum absolute atomic E-state index is 0.0259. The average molecular weight is 573 g/mol. The molecular formula is C31H44N2O6S. The lowest BCUT2D eigenvalue weighted by molar-refractivity contribution is 0.0445. The average Bonchev–Trinajstić information content (AvgIpc) is 3.17. The molecule has 0 radical (unpaired) electrons. The molecule has 0 unspecified atom stereocenters. The highest BCUT2D eigenvalue weighted by Crippen LogP contribution is 2.30. The SMILES string of the molecule is O=C(OCc1ccccc1)c1nc(O)c(S(=O)(=O)C2CCCCCCCC2)c(=O)n1CC1CCCCCCCC1. The number of carbonyl (C=O) groups is 1. The topological polar surface area (TPSA) is 116 Å². The second-order valence-corrected chi connectivity index (χ2v) is 13.7. The van der Waals surface area contributed by atoms with E-state index in [2.05, 4.69) is 4.98 Å². The molecule has 0 amide bonds. The van der Waals surface area contributed by atoms with E-state index in [1.54, 1.807) is 0 Å². The number of aromatic nitrogens is 2. The van der Waals surface area contributed by atoms with Gasteiger partial charge in [0.1, 0.15) is 6.61 Å². The quantitative estimate of drug-likeness (QED) is 0.385. The fourth-order valence-electron chi connectivity index (χ4n) is 6.12. The van der Waals surface area contributed by atoms with Crippen molar-refractivity contribution in [2.75, 3.05) is 0 Å². The molecule has 8 nitrogen and oxygen atoms in total. The molecule has 9 heteroatoms. The third-order valence-corrected chi connectivity index (χ3v) is 10.7. The first-order chi connectivity index (χ1) is 19.4. The van der Waals surface area contributed by atoms with Crippen molar-refractivity contribution in [3.05, 3.63) is 52.1 Å². The van der Waals surface area contributed by atoms with Gasteiger partial charge in [-0.15, -0.1) is 0 Å². The predicted molar refractivity (Wildman–Crippen MR) is 154 cm³/mol. The van der Waals surface area contributed by atoms with Gasteiger partial charge in [-0.3, -0.25) is 9.36 Å². The monoisotopic (exact) mass is 572 g/mol. The molecule has 2 saturated carbocycles. The van der Waals surface area contributed by atoms with Gasteiger partial charge in [-0.25, -0.2) is 13.2 Å². The molecule has 40 heavy (non-hydrogen) atoms. The minimum atomic E-state index is -4.16. The van der Waals surface area contributed by atoms with Crippen LogP contribution in [-0.2, 0) is 27.7 Å². The van der Waals surface area contributed by atoms with Crippen LogP contribution in [0.15, 0.2) is 40.0 Å². The molecule has 1 aromatic heterocycles. The molecule has 2 fully saturated rings. The Hall–Kier alpha value is -2.68. The van der Waals surface area contributed by atoms with Crippen LogP contribution in [0.5, 0.6) is 5.88 Å². The maximum atomic E-state index is 14.0. The second kappa shape index (κ2) is 14.8. The van der Waals surface area contributed by atoms with Gasteiger partial charge in [-0.1, -0.05) is 107 Å². The fourth-order valence-corrected chi connectivity index (χ4v) is 8.06. The number of rotatable bonds is 7. The van der Waals surface area contributed by atoms with Crippen molar-refractivity contribution >= 4 is 15.8 Å². The molecule has 1 aromatic carbocycles. The number of esters is 1. The maximum absolute atomic E-state index is 14.0. The van der Waals surface area contributed by atoms with Crippen molar-refractivity contribution in [2.45, 2.75) is 126 Å². The van der Waals surface area contributed by atoms with Crippen LogP contribution < -0.4 is 5.56 Å². The number of aromatic hydroxyl groups is 1. The Balaban J connectivity index is 1.70. The van der Waals surface area contributed by atoms with Crippen molar-refractivity contribution in [1.29, 1.82) is 0 Å². The zero-order valence-corrected chi connectivity index (χ0v) is 24.4. The Morgan fingerprint density at radius 2 is 1.38 bits per heavy atom. The molecule has 2 aromatic rings. The van der Waals surface area contributed by atoms with Crippen LogP contribution in [0.2, 0.25) is 0 Å². The van der Waals surface area contributed by atoms with E-state index in [9.17, 15) is 23.1 Å². The lowest BCUT2D eigenvalue weighted by atomic mass is 9.97. The van der Waals surface area contributed by atoms with Crippen LogP contribution in [0.3, 0.4) is 0 Å². The van der Waals surface area contributed by atoms with Crippen LogP contribution in [-0.4, -0.2) is 34.3 Å². The molecule has 1 heterocycles. The van der Waals surface area contributed by atoms with E-state index in [-0.39, 0.29) is 24.9 Å². The van der Waals surface area contributed by atoms with Gasteiger partial charge >= 0.3 is 5.97 Å². The molecule has 2 aliphatic carbocycles. The summed E-state index contributed by atoms with van der Waals surface area (Å²) in [5.41, 5.74) is -0.0939. The minimum Gasteiger partial charge on any atom is -0.492 e. The van der Waals surface area contributed by atoms with Gasteiger partial charge in [0.05, 0.1) is 5.25 Å². The summed E-state index contributed by atoms with van der Waals surface area (Å²) in [6.07, 6.45) is 14.9. The Morgan fingerprint density at radius 1 is 0.850 bits per heavy atom. The van der Waals surface area contributed by atoms with Gasteiger partial charge in [0.2, 0.25) is 11.7 Å². The zero-order chi connectivity index (χ0) is 28.4. The third-order valence-electron chi connectivity index (χ3n) is 8.45. The number of benzene rings is 1. The number of hydrogen-bond acceptors (Lipinski definition) is 7. The zero-order valence-electron chi connectivity index (χ0n) is 23.6. The molecule has 2 aliphatic rings. The van der Waals surface area contributed by atoms with E-state index in [1.807, 2.05) is 30.3 Å². The summed E-state index contributed by atoms with van der Waals surface area (Å²) in [7, 11) is -4.16. The number of sulfone groups is 1. The molecule has 0 saturated heterocycles. The number of carbonyl (C=O) groups excluding carboxylic acids is 1. The number of ether oxygens (including phenoxy) is 1. The normalized spacial score (nSPS) is 18.9. The van der Waals surface area contributed by atoms with Gasteiger partial charge in [0, 0.05) is 6.54 Å². The Bertz CT molecular complexity index is 1250. The maximum Gasteiger partial charge on any atom is 0.375 e. The van der Waals surface area contributed by atoms with Crippen molar-refractivity contribution < 1.29 is 23.1 Å². The van der Waals surface area contributed by atoms with E-state index in [4.69, 9.17) is 4.74 Å². The first kappa shape index (κ1) is 30.3. The number of hydrogen-bond donors (Lipinski definition) is 1. The molecule has 4 rings (SSSR count). The smallest absolute Gasteiger partial charge is 0.375 e. The fraction of sp³-hybridized carbons (Fsp3) is 0.645. The summed E-state index contributed by atoms with van der Waals surface area (Å²) in [6, 6.07) is 9.15. The summed E-state index contributed by atoms with van der Waals surface area (Å²) in [5, 5.41) is 10.1. The van der Waals surface area contributed by atoms with Crippen LogP contribution in [0.25, 0.3) is 0 Å². The van der Waals surface area contributed by atoms with E-state index in [0.717, 1.165) is 82.6 Å². The second-order valence-electron chi connectivity index (χ2n) is 11.5. The van der Waals surface area contributed by atoms with E-state index in [0.29, 0.717) is 12.8 Å². The van der Waals surface area contributed by atoms with Gasteiger partial charge in [-0.2, -0.15) is 4.98 Å². The van der Waals surface area contributed by atoms with Gasteiger partial charge < -0.3 is 9.84 Å². The van der Waals surface area contributed by atoms with Crippen LogP contribution in [0.1, 0.15) is 119 Å². The van der Waals surface area contributed by atoms with E-state index < -0.39 is 37.4 Å². The standard InChI is InChI=1S/C31H44N2O6S/c34-29-27(40(37,38)26-20-14-7-3-4-8-15-21-26)30(35)33(22-24-16-10-5-1-2-6-11-17-24)28(32-29)31(36)39-23-25-18-12-9-13-19-25/h9,12-13,18-19,24,26,34H,1-8,10-11,14-17,20-23H2. The summed E-state index contributed by atoms with van der Waals surface area (Å²) in [4.78, 5) is 30.6. The van der Waals surface area contributed by atoms with Crippen molar-refractivity contribution in [2.24, 2.45) is 5.92 Å². The predicted octanol–water partition coefficient (Wildman–Crippen LogP) is 6.33. The lowest BCUT2D eigenvalue weighted by Crippen LogP contribution is -2.36. The van der Waals surface area contributed by atoms with Gasteiger partial charge in [0.25, 0.3) is 5.56 Å². The highest BCUT2D eigenvalue weighted by molar-refractivity contribution is 7.92. The lowest BCUT2D eigenvalue weighted by Gasteiger charge is -2.22. The largest absolute Gasteiger partial charge is 0.492 e. The third kappa shape index (κ3) is 7.95. The Morgan fingerprint density at radius 3 is 1.95 bits per heavy atom. The van der Waals surface area contributed by atoms with Gasteiger partial charge in [-0.05, 0) is 37.2 Å². The summed E-state index contributed by atoms with van der Waals surface area (Å²) >= 11 is 0. The molecule has 0 bridgehead atoms. The number of nitrogens with zero attached hydrogens (tertiary/aromatic N) is 2. The summed E-state index contributed by atoms with van der Waals surface area (Å²) in [5.74, 6) is -2.00. The Kier molecular flexibility index (Phi) is 11.2. The summed E-state index contributed by atoms with van der Waals surface area (Å²) in [6.45, 7) is 0.150. The van der Waals surface area contributed by atoms with Crippen molar-refractivity contribution in [3.8, 4) is 5.88 Å². The molecule has 1 N–H and O–H groups in total. The van der Waals surface area contributed by atoms with E-state index >= 15 is 0 Å².